The Morgan fingerprint density at radius 2 is 2.03 bits per heavy atom. The number of carbonyl (C=O) groups excluding carboxylic acids is 1. The summed E-state index contributed by atoms with van der Waals surface area (Å²) in [5.74, 6) is 0.644. The van der Waals surface area contributed by atoms with Crippen LogP contribution in [0.5, 0.6) is 0 Å². The highest BCUT2D eigenvalue weighted by Gasteiger charge is 2.32. The van der Waals surface area contributed by atoms with E-state index in [0.717, 1.165) is 40.2 Å². The van der Waals surface area contributed by atoms with Crippen LogP contribution in [0.1, 0.15) is 23.9 Å². The Kier molecular flexibility index (Phi) is 5.14. The van der Waals surface area contributed by atoms with Crippen molar-refractivity contribution in [1.82, 2.24) is 24.6 Å². The van der Waals surface area contributed by atoms with Gasteiger partial charge in [0, 0.05) is 17.1 Å². The highest BCUT2D eigenvalue weighted by Crippen LogP contribution is 2.36. The normalized spacial score (nSPS) is 16.4. The SMILES string of the molecule is O=C(Cn1c(-c2ccc(Cl)cc2)n[nH]c1=S)N1CCCC1c1nc2ccccc2s1. The van der Waals surface area contributed by atoms with Crippen molar-refractivity contribution in [3.8, 4) is 11.4 Å². The first-order valence-corrected chi connectivity index (χ1v) is 11.3. The monoisotopic (exact) mass is 455 g/mol. The molecular weight excluding hydrogens is 438 g/mol. The van der Waals surface area contributed by atoms with Gasteiger partial charge in [-0.15, -0.1) is 11.3 Å². The van der Waals surface area contributed by atoms with Gasteiger partial charge in [0.2, 0.25) is 5.91 Å². The van der Waals surface area contributed by atoms with Crippen molar-refractivity contribution in [3.05, 3.63) is 63.3 Å². The van der Waals surface area contributed by atoms with Crippen molar-refractivity contribution >= 4 is 51.3 Å². The molecule has 2 aromatic heterocycles. The summed E-state index contributed by atoms with van der Waals surface area (Å²) in [5, 5.41) is 8.77. The number of rotatable bonds is 4. The van der Waals surface area contributed by atoms with Gasteiger partial charge in [-0.2, -0.15) is 5.10 Å². The summed E-state index contributed by atoms with van der Waals surface area (Å²) in [6.07, 6.45) is 1.89. The Bertz CT molecular complexity index is 1240. The van der Waals surface area contributed by atoms with Gasteiger partial charge < -0.3 is 4.90 Å². The van der Waals surface area contributed by atoms with Gasteiger partial charge in [0.25, 0.3) is 0 Å². The van der Waals surface area contributed by atoms with Crippen molar-refractivity contribution in [2.75, 3.05) is 6.54 Å². The van der Waals surface area contributed by atoms with Crippen molar-refractivity contribution in [3.63, 3.8) is 0 Å². The molecule has 0 radical (unpaired) electrons. The number of hydrogen-bond donors (Lipinski definition) is 1. The molecule has 30 heavy (non-hydrogen) atoms. The van der Waals surface area contributed by atoms with Crippen molar-refractivity contribution in [1.29, 1.82) is 0 Å². The molecule has 6 nitrogen and oxygen atoms in total. The zero-order valence-electron chi connectivity index (χ0n) is 15.9. The number of aromatic nitrogens is 4. The second kappa shape index (κ2) is 7.94. The molecule has 4 aromatic rings. The minimum Gasteiger partial charge on any atom is -0.332 e. The van der Waals surface area contributed by atoms with E-state index in [1.807, 2.05) is 35.2 Å². The first-order valence-electron chi connectivity index (χ1n) is 9.66. The minimum atomic E-state index is 0.00922. The van der Waals surface area contributed by atoms with Crippen LogP contribution < -0.4 is 0 Å². The predicted octanol–water partition coefficient (Wildman–Crippen LogP) is 5.23. The lowest BCUT2D eigenvalue weighted by molar-refractivity contribution is -0.132. The van der Waals surface area contributed by atoms with Crippen molar-refractivity contribution in [2.24, 2.45) is 0 Å². The van der Waals surface area contributed by atoms with E-state index < -0.39 is 0 Å². The molecule has 0 spiro atoms. The van der Waals surface area contributed by atoms with Crippen LogP contribution in [-0.2, 0) is 11.3 Å². The van der Waals surface area contributed by atoms with E-state index in [2.05, 4.69) is 16.3 Å². The van der Waals surface area contributed by atoms with Crippen LogP contribution in [0.2, 0.25) is 5.02 Å². The molecule has 1 unspecified atom stereocenters. The highest BCUT2D eigenvalue weighted by molar-refractivity contribution is 7.71. The van der Waals surface area contributed by atoms with E-state index in [0.29, 0.717) is 15.6 Å². The fraction of sp³-hybridized carbons (Fsp3) is 0.238. The fourth-order valence-electron chi connectivity index (χ4n) is 3.86. The second-order valence-corrected chi connectivity index (χ2v) is 9.10. The topological polar surface area (TPSA) is 66.8 Å². The summed E-state index contributed by atoms with van der Waals surface area (Å²) in [5.41, 5.74) is 1.84. The Morgan fingerprint density at radius 3 is 2.83 bits per heavy atom. The molecule has 5 rings (SSSR count). The highest BCUT2D eigenvalue weighted by atomic mass is 35.5. The minimum absolute atomic E-state index is 0.00922. The number of thiazole rings is 1. The maximum Gasteiger partial charge on any atom is 0.243 e. The van der Waals surface area contributed by atoms with E-state index in [1.54, 1.807) is 28.0 Å². The molecule has 1 aliphatic heterocycles. The van der Waals surface area contributed by atoms with Gasteiger partial charge in [-0.25, -0.2) is 4.98 Å². The number of benzene rings is 2. The quantitative estimate of drug-likeness (QED) is 0.427. The van der Waals surface area contributed by atoms with Crippen LogP contribution in [0.3, 0.4) is 0 Å². The summed E-state index contributed by atoms with van der Waals surface area (Å²) < 4.78 is 3.31. The molecule has 1 amide bonds. The van der Waals surface area contributed by atoms with Crippen molar-refractivity contribution < 1.29 is 4.79 Å². The van der Waals surface area contributed by atoms with E-state index in [9.17, 15) is 4.79 Å². The molecular formula is C21H18ClN5OS2. The smallest absolute Gasteiger partial charge is 0.243 e. The summed E-state index contributed by atoms with van der Waals surface area (Å²) in [7, 11) is 0. The Balaban J connectivity index is 1.42. The molecule has 0 aliphatic carbocycles. The number of nitrogens with zero attached hydrogens (tertiary/aromatic N) is 4. The van der Waals surface area contributed by atoms with E-state index >= 15 is 0 Å². The molecule has 152 valence electrons. The molecule has 0 bridgehead atoms. The van der Waals surface area contributed by atoms with E-state index in [-0.39, 0.29) is 18.5 Å². The molecule has 1 fully saturated rings. The van der Waals surface area contributed by atoms with Gasteiger partial charge in [-0.05, 0) is 61.5 Å². The summed E-state index contributed by atoms with van der Waals surface area (Å²) >= 11 is 13.1. The van der Waals surface area contributed by atoms with Crippen LogP contribution in [-0.4, -0.2) is 37.1 Å². The van der Waals surface area contributed by atoms with Crippen LogP contribution in [0.25, 0.3) is 21.6 Å². The third-order valence-corrected chi connectivity index (χ3v) is 7.02. The van der Waals surface area contributed by atoms with E-state index in [1.165, 1.54) is 0 Å². The number of hydrogen-bond acceptors (Lipinski definition) is 5. The number of likely N-dealkylation sites (tertiary alicyclic amines) is 1. The summed E-state index contributed by atoms with van der Waals surface area (Å²) in [6, 6.07) is 15.4. The second-order valence-electron chi connectivity index (χ2n) is 7.21. The number of halogens is 1. The first-order chi connectivity index (χ1) is 14.6. The van der Waals surface area contributed by atoms with Gasteiger partial charge >= 0.3 is 0 Å². The van der Waals surface area contributed by atoms with E-state index in [4.69, 9.17) is 28.8 Å². The molecule has 2 aromatic carbocycles. The molecule has 1 atom stereocenters. The Hall–Kier alpha value is -2.55. The number of para-hydroxylation sites is 1. The molecule has 0 saturated carbocycles. The number of amides is 1. The Labute approximate surface area is 187 Å². The summed E-state index contributed by atoms with van der Waals surface area (Å²) in [6.45, 7) is 0.857. The average Bonchev–Trinajstić information content (AvgIpc) is 3.47. The van der Waals surface area contributed by atoms with Crippen LogP contribution >= 0.6 is 35.2 Å². The van der Waals surface area contributed by atoms with Gasteiger partial charge in [0.05, 0.1) is 16.3 Å². The fourth-order valence-corrected chi connectivity index (χ4v) is 5.30. The summed E-state index contributed by atoms with van der Waals surface area (Å²) in [4.78, 5) is 20.0. The Morgan fingerprint density at radius 1 is 1.23 bits per heavy atom. The maximum atomic E-state index is 13.3. The third kappa shape index (κ3) is 3.55. The number of fused-ring (bicyclic) bond motifs is 1. The zero-order valence-corrected chi connectivity index (χ0v) is 18.3. The van der Waals surface area contributed by atoms with Crippen molar-refractivity contribution in [2.45, 2.75) is 25.4 Å². The average molecular weight is 456 g/mol. The maximum absolute atomic E-state index is 13.3. The number of carbonyl (C=O) groups is 1. The van der Waals surface area contributed by atoms with Gasteiger partial charge in [0.1, 0.15) is 11.6 Å². The predicted molar refractivity (Wildman–Crippen MR) is 121 cm³/mol. The molecule has 1 saturated heterocycles. The van der Waals surface area contributed by atoms with Crippen LogP contribution in [0.4, 0.5) is 0 Å². The number of nitrogens with one attached hydrogen (secondary N) is 1. The number of H-pyrrole nitrogens is 1. The lowest BCUT2D eigenvalue weighted by Gasteiger charge is -2.23. The first kappa shape index (κ1) is 19.4. The third-order valence-electron chi connectivity index (χ3n) is 5.32. The van der Waals surface area contributed by atoms with Crippen LogP contribution in [0, 0.1) is 4.77 Å². The molecule has 9 heteroatoms. The molecule has 1 N–H and O–H groups in total. The zero-order chi connectivity index (χ0) is 20.7. The standard InChI is InChI=1S/C21H18ClN5OS2/c22-14-9-7-13(8-10-14)19-24-25-21(29)27(19)12-18(28)26-11-3-5-16(26)20-23-15-4-1-2-6-17(15)30-20/h1-2,4,6-10,16H,3,5,11-12H2,(H,25,29). The lowest BCUT2D eigenvalue weighted by Crippen LogP contribution is -2.33. The molecule has 1 aliphatic rings. The molecule has 3 heterocycles. The van der Waals surface area contributed by atoms with Gasteiger partial charge in [-0.3, -0.25) is 14.5 Å². The van der Waals surface area contributed by atoms with Gasteiger partial charge in [0.15, 0.2) is 10.6 Å². The van der Waals surface area contributed by atoms with Gasteiger partial charge in [-0.1, -0.05) is 23.7 Å². The number of aromatic amines is 1. The van der Waals surface area contributed by atoms with Crippen LogP contribution in [0.15, 0.2) is 48.5 Å². The largest absolute Gasteiger partial charge is 0.332 e. The lowest BCUT2D eigenvalue weighted by atomic mass is 10.2.